The van der Waals surface area contributed by atoms with Crippen LogP contribution in [0.3, 0.4) is 0 Å². The summed E-state index contributed by atoms with van der Waals surface area (Å²) in [7, 11) is -0.681. The monoisotopic (exact) mass is 288 g/mol. The zero-order valence-electron chi connectivity index (χ0n) is 10.2. The number of carbonyl (C=O) groups is 1. The Balaban J connectivity index is 2.13. The highest BCUT2D eigenvalue weighted by Gasteiger charge is 2.23. The molecule has 18 heavy (non-hydrogen) atoms. The zero-order valence-corrected chi connectivity index (χ0v) is 11.8. The summed E-state index contributed by atoms with van der Waals surface area (Å²) in [5.41, 5.74) is 1.04. The summed E-state index contributed by atoms with van der Waals surface area (Å²) in [6.45, 7) is 1.98. The molecule has 1 aliphatic heterocycles. The van der Waals surface area contributed by atoms with E-state index in [2.05, 4.69) is 9.55 Å². The van der Waals surface area contributed by atoms with Crippen LogP contribution in [0.5, 0.6) is 0 Å². The third kappa shape index (κ3) is 3.14. The van der Waals surface area contributed by atoms with E-state index in [9.17, 15) is 9.00 Å². The number of hydrogen-bond acceptors (Lipinski definition) is 4. The second-order valence-corrected chi connectivity index (χ2v) is 6.95. The molecule has 0 bridgehead atoms. The molecule has 7 heteroatoms. The van der Waals surface area contributed by atoms with Gasteiger partial charge in [-0.05, 0) is 19.8 Å². The molecule has 2 rings (SSSR count). The molecule has 2 heterocycles. The molecule has 0 amide bonds. The van der Waals surface area contributed by atoms with Gasteiger partial charge < -0.3 is 9.67 Å². The molecule has 0 aromatic carbocycles. The molecule has 0 aliphatic carbocycles. The van der Waals surface area contributed by atoms with Crippen LogP contribution in [-0.4, -0.2) is 42.1 Å². The first-order valence-corrected chi connectivity index (χ1v) is 8.28. The van der Waals surface area contributed by atoms with Crippen molar-refractivity contribution >= 4 is 28.5 Å². The molecule has 1 aromatic heterocycles. The van der Waals surface area contributed by atoms with Crippen LogP contribution in [0.4, 0.5) is 0 Å². The van der Waals surface area contributed by atoms with Crippen molar-refractivity contribution in [2.45, 2.75) is 31.0 Å². The lowest BCUT2D eigenvalue weighted by Gasteiger charge is -2.25. The third-order valence-electron chi connectivity index (χ3n) is 3.00. The van der Waals surface area contributed by atoms with Crippen molar-refractivity contribution in [1.82, 2.24) is 9.55 Å². The molecule has 0 saturated carbocycles. The van der Waals surface area contributed by atoms with E-state index >= 15 is 0 Å². The van der Waals surface area contributed by atoms with Crippen molar-refractivity contribution in [3.05, 3.63) is 11.9 Å². The number of thioether (sulfide) groups is 1. The quantitative estimate of drug-likeness (QED) is 0.849. The maximum Gasteiger partial charge on any atom is 0.313 e. The third-order valence-corrected chi connectivity index (χ3v) is 5.33. The summed E-state index contributed by atoms with van der Waals surface area (Å²) in [5, 5.41) is 9.48. The number of aryl methyl sites for hydroxylation is 1. The highest BCUT2D eigenvalue weighted by Crippen LogP contribution is 2.29. The fourth-order valence-corrected chi connectivity index (χ4v) is 4.23. The lowest BCUT2D eigenvalue weighted by atomic mass is 10.1. The van der Waals surface area contributed by atoms with E-state index < -0.39 is 16.8 Å². The molecule has 0 radical (unpaired) electrons. The number of aromatic nitrogens is 2. The molecule has 0 atom stereocenters. The average Bonchev–Trinajstić information content (AvgIpc) is 2.69. The fourth-order valence-electron chi connectivity index (χ4n) is 2.14. The van der Waals surface area contributed by atoms with Gasteiger partial charge >= 0.3 is 5.97 Å². The second kappa shape index (κ2) is 5.88. The summed E-state index contributed by atoms with van der Waals surface area (Å²) in [6, 6.07) is 0.307. The minimum absolute atomic E-state index is 0.0229. The van der Waals surface area contributed by atoms with E-state index in [4.69, 9.17) is 5.11 Å². The van der Waals surface area contributed by atoms with E-state index in [1.165, 1.54) is 11.8 Å². The van der Waals surface area contributed by atoms with E-state index in [0.29, 0.717) is 6.04 Å². The number of hydrogen-bond donors (Lipinski definition) is 1. The van der Waals surface area contributed by atoms with Gasteiger partial charge in [0.1, 0.15) is 0 Å². The maximum absolute atomic E-state index is 11.4. The van der Waals surface area contributed by atoms with Crippen LogP contribution in [0.1, 0.15) is 24.6 Å². The molecule has 1 aliphatic rings. The van der Waals surface area contributed by atoms with Crippen LogP contribution in [-0.2, 0) is 15.6 Å². The maximum atomic E-state index is 11.4. The number of nitrogens with zero attached hydrogens (tertiary/aromatic N) is 2. The van der Waals surface area contributed by atoms with Crippen molar-refractivity contribution < 1.29 is 14.1 Å². The smallest absolute Gasteiger partial charge is 0.313 e. The average molecular weight is 288 g/mol. The molecular weight excluding hydrogens is 272 g/mol. The zero-order chi connectivity index (χ0) is 13.1. The van der Waals surface area contributed by atoms with Crippen molar-refractivity contribution in [2.24, 2.45) is 0 Å². The second-order valence-electron chi connectivity index (χ2n) is 4.31. The summed E-state index contributed by atoms with van der Waals surface area (Å²) in [5.74, 6) is 0.642. The Morgan fingerprint density at radius 1 is 1.61 bits per heavy atom. The Morgan fingerprint density at radius 3 is 2.89 bits per heavy atom. The van der Waals surface area contributed by atoms with Crippen LogP contribution in [0.25, 0.3) is 0 Å². The van der Waals surface area contributed by atoms with Gasteiger partial charge in [0.15, 0.2) is 5.16 Å². The van der Waals surface area contributed by atoms with E-state index in [1.807, 2.05) is 6.92 Å². The standard InChI is InChI=1S/C11H16N2O3S2/c1-8-6-12-11(17-7-10(14)15)13(8)9-2-4-18(16)5-3-9/h6,9H,2-5,7H2,1H3,(H,14,15). The van der Waals surface area contributed by atoms with Gasteiger partial charge in [0.05, 0.1) is 5.75 Å². The number of imidazole rings is 1. The fraction of sp³-hybridized carbons (Fsp3) is 0.636. The minimum Gasteiger partial charge on any atom is -0.481 e. The largest absolute Gasteiger partial charge is 0.481 e. The Hall–Kier alpha value is -0.820. The van der Waals surface area contributed by atoms with Gasteiger partial charge in [-0.2, -0.15) is 0 Å². The van der Waals surface area contributed by atoms with E-state index in [0.717, 1.165) is 35.2 Å². The first-order valence-electron chi connectivity index (χ1n) is 5.81. The summed E-state index contributed by atoms with van der Waals surface area (Å²) in [4.78, 5) is 14.9. The Kier molecular flexibility index (Phi) is 4.45. The highest BCUT2D eigenvalue weighted by molar-refractivity contribution is 7.99. The molecule has 0 spiro atoms. The van der Waals surface area contributed by atoms with Gasteiger partial charge in [-0.1, -0.05) is 11.8 Å². The highest BCUT2D eigenvalue weighted by atomic mass is 32.2. The normalized spacial score (nSPS) is 24.1. The lowest BCUT2D eigenvalue weighted by molar-refractivity contribution is -0.133. The van der Waals surface area contributed by atoms with E-state index in [1.54, 1.807) is 6.20 Å². The molecule has 1 saturated heterocycles. The molecule has 1 N–H and O–H groups in total. The molecule has 100 valence electrons. The van der Waals surface area contributed by atoms with Gasteiger partial charge in [0.25, 0.3) is 0 Å². The number of carboxylic acids is 1. The van der Waals surface area contributed by atoms with Crippen molar-refractivity contribution in [3.8, 4) is 0 Å². The molecular formula is C11H16N2O3S2. The summed E-state index contributed by atoms with van der Waals surface area (Å²) < 4.78 is 13.5. The first-order chi connectivity index (χ1) is 8.58. The van der Waals surface area contributed by atoms with Crippen LogP contribution in [0.15, 0.2) is 11.4 Å². The van der Waals surface area contributed by atoms with Crippen molar-refractivity contribution in [1.29, 1.82) is 0 Å². The van der Waals surface area contributed by atoms with Gasteiger partial charge in [-0.25, -0.2) is 4.98 Å². The Morgan fingerprint density at radius 2 is 2.28 bits per heavy atom. The lowest BCUT2D eigenvalue weighted by Crippen LogP contribution is -2.23. The van der Waals surface area contributed by atoms with Crippen molar-refractivity contribution in [2.75, 3.05) is 17.3 Å². The van der Waals surface area contributed by atoms with Gasteiger partial charge in [0, 0.05) is 40.2 Å². The SMILES string of the molecule is Cc1cnc(SCC(=O)O)n1C1CCS(=O)CC1. The van der Waals surface area contributed by atoms with Crippen LogP contribution in [0.2, 0.25) is 0 Å². The van der Waals surface area contributed by atoms with Crippen LogP contribution < -0.4 is 0 Å². The van der Waals surface area contributed by atoms with Crippen molar-refractivity contribution in [3.63, 3.8) is 0 Å². The van der Waals surface area contributed by atoms with Gasteiger partial charge in [0.2, 0.25) is 0 Å². The molecule has 1 aromatic rings. The predicted molar refractivity (Wildman–Crippen MR) is 71.5 cm³/mol. The summed E-state index contributed by atoms with van der Waals surface area (Å²) >= 11 is 1.25. The van der Waals surface area contributed by atoms with Crippen LogP contribution >= 0.6 is 11.8 Å². The number of carboxylic acid groups (broad SMARTS) is 1. The minimum atomic E-state index is -0.836. The van der Waals surface area contributed by atoms with Gasteiger partial charge in [-0.3, -0.25) is 9.00 Å². The Bertz CT molecular complexity index is 463. The van der Waals surface area contributed by atoms with Crippen LogP contribution in [0, 0.1) is 6.92 Å². The van der Waals surface area contributed by atoms with Gasteiger partial charge in [-0.15, -0.1) is 0 Å². The topological polar surface area (TPSA) is 72.2 Å². The number of rotatable bonds is 4. The molecule has 5 nitrogen and oxygen atoms in total. The predicted octanol–water partition coefficient (Wildman–Crippen LogP) is 1.45. The number of aliphatic carboxylic acids is 1. The molecule has 0 unspecified atom stereocenters. The first kappa shape index (κ1) is 13.6. The van der Waals surface area contributed by atoms with E-state index in [-0.39, 0.29) is 5.75 Å². The summed E-state index contributed by atoms with van der Waals surface area (Å²) in [6.07, 6.45) is 3.53. The Labute approximate surface area is 112 Å². The molecule has 1 fully saturated rings.